The van der Waals surface area contributed by atoms with Gasteiger partial charge in [0.15, 0.2) is 5.82 Å². The Labute approximate surface area is 188 Å². The molecular weight excluding hydrogens is 436 g/mol. The van der Waals surface area contributed by atoms with Gasteiger partial charge in [0.2, 0.25) is 5.95 Å². The van der Waals surface area contributed by atoms with Gasteiger partial charge in [-0.25, -0.2) is 15.0 Å². The van der Waals surface area contributed by atoms with Gasteiger partial charge >= 0.3 is 0 Å². The van der Waals surface area contributed by atoms with E-state index in [9.17, 15) is 9.32 Å². The zero-order valence-electron chi connectivity index (χ0n) is 17.2. The summed E-state index contributed by atoms with van der Waals surface area (Å²) in [7, 11) is -1.14. The third-order valence-electron chi connectivity index (χ3n) is 7.66. The predicted octanol–water partition coefficient (Wildman–Crippen LogP) is 2.35. The Morgan fingerprint density at radius 1 is 1.13 bits per heavy atom. The number of aliphatic hydroxyl groups is 1. The topological polar surface area (TPSA) is 95.3 Å². The van der Waals surface area contributed by atoms with Gasteiger partial charge in [-0.3, -0.25) is 4.21 Å². The fourth-order valence-electron chi connectivity index (χ4n) is 5.77. The highest BCUT2D eigenvalue weighted by molar-refractivity contribution is 7.85. The second-order valence-corrected chi connectivity index (χ2v) is 11.2. The van der Waals surface area contributed by atoms with Crippen LogP contribution in [0.5, 0.6) is 0 Å². The first-order valence-corrected chi connectivity index (χ1v) is 12.6. The van der Waals surface area contributed by atoms with Crippen molar-refractivity contribution in [2.24, 2.45) is 11.8 Å². The lowest BCUT2D eigenvalue weighted by atomic mass is 9.76. The minimum Gasteiger partial charge on any atom is -0.394 e. The van der Waals surface area contributed by atoms with Gasteiger partial charge < -0.3 is 14.9 Å². The maximum Gasteiger partial charge on any atom is 0.227 e. The van der Waals surface area contributed by atoms with Crippen LogP contribution in [-0.4, -0.2) is 60.4 Å². The van der Waals surface area contributed by atoms with Crippen LogP contribution in [0.4, 0.5) is 11.8 Å². The molecule has 2 saturated carbocycles. The summed E-state index contributed by atoms with van der Waals surface area (Å²) in [5.74, 6) is 4.29. The van der Waals surface area contributed by atoms with Gasteiger partial charge in [-0.1, -0.05) is 11.6 Å². The lowest BCUT2D eigenvalue weighted by Gasteiger charge is -2.47. The summed E-state index contributed by atoms with van der Waals surface area (Å²) in [6, 6.07) is 0. The lowest BCUT2D eigenvalue weighted by molar-refractivity contribution is 0.119. The largest absolute Gasteiger partial charge is 0.394 e. The number of rotatable bonds is 4. The number of halogens is 1. The summed E-state index contributed by atoms with van der Waals surface area (Å²) in [6.07, 6.45) is 10.2. The van der Waals surface area contributed by atoms with Crippen LogP contribution in [-0.2, 0) is 10.8 Å². The van der Waals surface area contributed by atoms with E-state index in [2.05, 4.69) is 24.8 Å². The fraction of sp³-hybridized carbons (Fsp3) is 0.619. The van der Waals surface area contributed by atoms with Crippen LogP contribution >= 0.6 is 11.6 Å². The van der Waals surface area contributed by atoms with E-state index in [0.29, 0.717) is 39.5 Å². The van der Waals surface area contributed by atoms with E-state index >= 15 is 0 Å². The monoisotopic (exact) mass is 460 g/mol. The van der Waals surface area contributed by atoms with Gasteiger partial charge in [-0.15, -0.1) is 0 Å². The van der Waals surface area contributed by atoms with Gasteiger partial charge in [-0.05, 0) is 43.9 Å². The first-order valence-electron chi connectivity index (χ1n) is 10.9. The third kappa shape index (κ3) is 3.15. The quantitative estimate of drug-likeness (QED) is 0.742. The smallest absolute Gasteiger partial charge is 0.227 e. The van der Waals surface area contributed by atoms with Gasteiger partial charge in [0.25, 0.3) is 0 Å². The van der Waals surface area contributed by atoms with Crippen LogP contribution < -0.4 is 9.80 Å². The molecule has 6 rings (SSSR count). The zero-order valence-corrected chi connectivity index (χ0v) is 18.7. The van der Waals surface area contributed by atoms with Crippen molar-refractivity contribution in [1.82, 2.24) is 19.9 Å². The Morgan fingerprint density at radius 2 is 1.84 bits per heavy atom. The van der Waals surface area contributed by atoms with Crippen LogP contribution in [0.2, 0.25) is 5.02 Å². The highest BCUT2D eigenvalue weighted by Gasteiger charge is 2.48. The number of nitrogens with zero attached hydrogens (tertiary/aromatic N) is 6. The average Bonchev–Trinajstić information content (AvgIpc) is 3.40. The number of fused-ring (bicyclic) bond motifs is 2. The van der Waals surface area contributed by atoms with Gasteiger partial charge in [0, 0.05) is 31.4 Å². The number of hydrogen-bond acceptors (Lipinski definition) is 8. The molecule has 4 aliphatic rings. The minimum absolute atomic E-state index is 0.0744. The highest BCUT2D eigenvalue weighted by atomic mass is 35.5. The molecule has 0 spiro atoms. The molecule has 164 valence electrons. The lowest BCUT2D eigenvalue weighted by Crippen LogP contribution is -2.56. The summed E-state index contributed by atoms with van der Waals surface area (Å²) < 4.78 is 12.6. The Morgan fingerprint density at radius 3 is 2.45 bits per heavy atom. The van der Waals surface area contributed by atoms with Crippen molar-refractivity contribution in [1.29, 1.82) is 0 Å². The zero-order chi connectivity index (χ0) is 21.2. The molecule has 1 saturated heterocycles. The van der Waals surface area contributed by atoms with Crippen molar-refractivity contribution in [2.75, 3.05) is 35.4 Å². The van der Waals surface area contributed by atoms with Crippen LogP contribution in [0.1, 0.15) is 43.8 Å². The number of hydrogen-bond donors (Lipinski definition) is 1. The van der Waals surface area contributed by atoms with E-state index in [1.54, 1.807) is 18.6 Å². The summed E-state index contributed by atoms with van der Waals surface area (Å²) in [6.45, 7) is 1.91. The van der Waals surface area contributed by atoms with Crippen LogP contribution in [0, 0.1) is 11.8 Å². The second kappa shape index (κ2) is 7.35. The van der Waals surface area contributed by atoms with Crippen LogP contribution in [0.25, 0.3) is 0 Å². The SMILES string of the molecule is O=[S@@]1CN(C2(CO)CCC2)c2nc(N3CC4CC(c5ncc(Cl)cn5)CC4C3)ncc21. The molecule has 2 aliphatic heterocycles. The van der Waals surface area contributed by atoms with Crippen molar-refractivity contribution in [3.8, 4) is 0 Å². The van der Waals surface area contributed by atoms with Gasteiger partial charge in [0.1, 0.15) is 16.6 Å². The van der Waals surface area contributed by atoms with Crippen molar-refractivity contribution in [2.45, 2.75) is 48.5 Å². The maximum atomic E-state index is 12.6. The molecule has 2 aromatic heterocycles. The molecule has 0 bridgehead atoms. The number of anilines is 2. The third-order valence-corrected chi connectivity index (χ3v) is 9.13. The van der Waals surface area contributed by atoms with Crippen molar-refractivity contribution < 1.29 is 9.32 Å². The molecule has 3 atom stereocenters. The molecule has 8 nitrogen and oxygen atoms in total. The molecule has 3 fully saturated rings. The molecule has 31 heavy (non-hydrogen) atoms. The molecule has 4 heterocycles. The molecule has 0 radical (unpaired) electrons. The molecular formula is C21H25ClN6O2S. The van der Waals surface area contributed by atoms with Crippen LogP contribution in [0.15, 0.2) is 23.5 Å². The molecule has 1 N–H and O–H groups in total. The van der Waals surface area contributed by atoms with E-state index in [1.807, 2.05) is 0 Å². The summed E-state index contributed by atoms with van der Waals surface area (Å²) in [5, 5.41) is 10.6. The Kier molecular flexibility index (Phi) is 4.70. The standard InChI is InChI=1S/C21H25ClN6O2S/c22-16-6-23-18(24-7-16)13-4-14-9-27(10-15(14)5-13)20-25-8-17-19(26-20)28(12-31(17)30)21(11-29)2-1-3-21/h6-8,13-15,29H,1-5,9-12H2/t13?,14?,15?,31-/m1/s1. The predicted molar refractivity (Wildman–Crippen MR) is 118 cm³/mol. The fourth-order valence-corrected chi connectivity index (χ4v) is 7.17. The molecule has 0 amide bonds. The normalized spacial score (nSPS) is 30.9. The summed E-state index contributed by atoms with van der Waals surface area (Å²) in [5.41, 5.74) is -0.306. The van der Waals surface area contributed by atoms with Crippen molar-refractivity contribution >= 4 is 34.2 Å². The average molecular weight is 461 g/mol. The van der Waals surface area contributed by atoms with Crippen molar-refractivity contribution in [3.05, 3.63) is 29.4 Å². The van der Waals surface area contributed by atoms with E-state index < -0.39 is 10.8 Å². The van der Waals surface area contributed by atoms with Crippen LogP contribution in [0.3, 0.4) is 0 Å². The molecule has 10 heteroatoms. The first-order chi connectivity index (χ1) is 15.1. The van der Waals surface area contributed by atoms with Gasteiger partial charge in [-0.2, -0.15) is 4.98 Å². The summed E-state index contributed by atoms with van der Waals surface area (Å²) >= 11 is 5.93. The van der Waals surface area contributed by atoms with E-state index in [4.69, 9.17) is 16.6 Å². The highest BCUT2D eigenvalue weighted by Crippen LogP contribution is 2.47. The van der Waals surface area contributed by atoms with E-state index in [0.717, 1.165) is 56.8 Å². The number of aliphatic hydroxyl groups excluding tert-OH is 1. The van der Waals surface area contributed by atoms with E-state index in [1.165, 1.54) is 0 Å². The first kappa shape index (κ1) is 19.8. The minimum atomic E-state index is -1.14. The molecule has 0 aromatic carbocycles. The summed E-state index contributed by atoms with van der Waals surface area (Å²) in [4.78, 5) is 23.3. The van der Waals surface area contributed by atoms with E-state index in [-0.39, 0.29) is 12.1 Å². The Hall–Kier alpha value is -1.84. The van der Waals surface area contributed by atoms with Crippen molar-refractivity contribution in [3.63, 3.8) is 0 Å². The Balaban J connectivity index is 1.20. The molecule has 2 unspecified atom stereocenters. The maximum absolute atomic E-state index is 12.6. The number of aromatic nitrogens is 4. The van der Waals surface area contributed by atoms with Gasteiger partial charge in [0.05, 0.1) is 34.2 Å². The molecule has 2 aromatic rings. The Bertz CT molecular complexity index is 1010. The second-order valence-electron chi connectivity index (χ2n) is 9.35. The molecule has 2 aliphatic carbocycles.